The molecule has 1 aliphatic carbocycles. The quantitative estimate of drug-likeness (QED) is 0.717. The van der Waals surface area contributed by atoms with Gasteiger partial charge in [0.1, 0.15) is 5.54 Å². The van der Waals surface area contributed by atoms with Crippen molar-refractivity contribution in [3.05, 3.63) is 0 Å². The Morgan fingerprint density at radius 2 is 2.00 bits per heavy atom. The van der Waals surface area contributed by atoms with Crippen LogP contribution in [-0.4, -0.2) is 35.1 Å². The van der Waals surface area contributed by atoms with Gasteiger partial charge in [-0.05, 0) is 51.0 Å². The van der Waals surface area contributed by atoms with Gasteiger partial charge in [0.15, 0.2) is 0 Å². The molecule has 5 heteroatoms. The summed E-state index contributed by atoms with van der Waals surface area (Å²) in [5, 5.41) is 15.4. The fourth-order valence-electron chi connectivity index (χ4n) is 3.20. The zero-order chi connectivity index (χ0) is 13.9. The molecule has 3 N–H and O–H groups in total. The average Bonchev–Trinajstić information content (AvgIpc) is 2.93. The SMILES string of the molecule is CCC1CCC(NC(=O)C2CCCN2)(C(=O)O)CC1. The summed E-state index contributed by atoms with van der Waals surface area (Å²) in [6.45, 7) is 2.98. The highest BCUT2D eigenvalue weighted by atomic mass is 16.4. The van der Waals surface area contributed by atoms with Crippen molar-refractivity contribution < 1.29 is 14.7 Å². The Kier molecular flexibility index (Phi) is 4.45. The zero-order valence-corrected chi connectivity index (χ0v) is 11.6. The molecule has 2 rings (SSSR count). The summed E-state index contributed by atoms with van der Waals surface area (Å²) in [4.78, 5) is 23.7. The third-order valence-corrected chi connectivity index (χ3v) is 4.68. The Bertz CT molecular complexity index is 343. The van der Waals surface area contributed by atoms with Gasteiger partial charge in [-0.25, -0.2) is 4.79 Å². The summed E-state index contributed by atoms with van der Waals surface area (Å²) >= 11 is 0. The van der Waals surface area contributed by atoms with E-state index in [1.165, 1.54) is 0 Å². The Labute approximate surface area is 114 Å². The van der Waals surface area contributed by atoms with Crippen molar-refractivity contribution in [2.45, 2.75) is 63.5 Å². The lowest BCUT2D eigenvalue weighted by Gasteiger charge is -2.37. The van der Waals surface area contributed by atoms with Crippen molar-refractivity contribution in [1.29, 1.82) is 0 Å². The van der Waals surface area contributed by atoms with Crippen molar-refractivity contribution >= 4 is 11.9 Å². The van der Waals surface area contributed by atoms with Crippen LogP contribution >= 0.6 is 0 Å². The van der Waals surface area contributed by atoms with Gasteiger partial charge in [0.05, 0.1) is 6.04 Å². The van der Waals surface area contributed by atoms with E-state index in [0.29, 0.717) is 18.8 Å². The minimum absolute atomic E-state index is 0.144. The van der Waals surface area contributed by atoms with Crippen molar-refractivity contribution in [3.63, 3.8) is 0 Å². The number of aliphatic carboxylic acids is 1. The largest absolute Gasteiger partial charge is 0.480 e. The van der Waals surface area contributed by atoms with E-state index in [-0.39, 0.29) is 11.9 Å². The standard InChI is InChI=1S/C14H24N2O3/c1-2-10-5-7-14(8-6-10,13(18)19)16-12(17)11-4-3-9-15-11/h10-11,15H,2-9H2,1H3,(H,16,17)(H,18,19). The van der Waals surface area contributed by atoms with Crippen LogP contribution in [0.4, 0.5) is 0 Å². The van der Waals surface area contributed by atoms with Gasteiger partial charge in [-0.2, -0.15) is 0 Å². The Balaban J connectivity index is 2.00. The molecular weight excluding hydrogens is 244 g/mol. The molecule has 0 bridgehead atoms. The van der Waals surface area contributed by atoms with E-state index in [0.717, 1.165) is 38.6 Å². The third kappa shape index (κ3) is 3.08. The predicted molar refractivity (Wildman–Crippen MR) is 71.8 cm³/mol. The maximum absolute atomic E-state index is 12.1. The van der Waals surface area contributed by atoms with Crippen LogP contribution in [-0.2, 0) is 9.59 Å². The molecule has 1 aliphatic heterocycles. The van der Waals surface area contributed by atoms with E-state index in [9.17, 15) is 14.7 Å². The second-order valence-corrected chi connectivity index (χ2v) is 5.88. The maximum atomic E-state index is 12.1. The van der Waals surface area contributed by atoms with Crippen LogP contribution in [0.2, 0.25) is 0 Å². The number of amides is 1. The van der Waals surface area contributed by atoms with Gasteiger partial charge in [-0.15, -0.1) is 0 Å². The number of rotatable bonds is 4. The third-order valence-electron chi connectivity index (χ3n) is 4.68. The molecule has 5 nitrogen and oxygen atoms in total. The Hall–Kier alpha value is -1.10. The molecule has 0 radical (unpaired) electrons. The Morgan fingerprint density at radius 3 is 2.47 bits per heavy atom. The molecule has 0 aromatic heterocycles. The summed E-state index contributed by atoms with van der Waals surface area (Å²) in [6.07, 6.45) is 5.77. The number of hydrogen-bond donors (Lipinski definition) is 3. The molecule has 0 aromatic carbocycles. The highest BCUT2D eigenvalue weighted by Crippen LogP contribution is 2.34. The molecule has 1 atom stereocenters. The van der Waals surface area contributed by atoms with E-state index >= 15 is 0 Å². The molecule has 108 valence electrons. The first-order chi connectivity index (χ1) is 9.07. The van der Waals surface area contributed by atoms with Crippen LogP contribution in [0.5, 0.6) is 0 Å². The molecule has 0 aromatic rings. The van der Waals surface area contributed by atoms with E-state index in [2.05, 4.69) is 17.6 Å². The van der Waals surface area contributed by atoms with Gasteiger partial charge in [0.2, 0.25) is 5.91 Å². The first-order valence-electron chi connectivity index (χ1n) is 7.36. The molecular formula is C14H24N2O3. The highest BCUT2D eigenvalue weighted by Gasteiger charge is 2.44. The molecule has 1 saturated carbocycles. The summed E-state index contributed by atoms with van der Waals surface area (Å²) in [6, 6.07) is -0.208. The van der Waals surface area contributed by atoms with Crippen molar-refractivity contribution in [2.24, 2.45) is 5.92 Å². The highest BCUT2D eigenvalue weighted by molar-refractivity contribution is 5.89. The summed E-state index contributed by atoms with van der Waals surface area (Å²) in [7, 11) is 0. The smallest absolute Gasteiger partial charge is 0.329 e. The van der Waals surface area contributed by atoms with Gasteiger partial charge in [0.25, 0.3) is 0 Å². The molecule has 1 amide bonds. The normalized spacial score (nSPS) is 35.0. The number of carbonyl (C=O) groups excluding carboxylic acids is 1. The minimum Gasteiger partial charge on any atom is -0.480 e. The summed E-state index contributed by atoms with van der Waals surface area (Å²) in [5.74, 6) is -0.419. The Morgan fingerprint density at radius 1 is 1.32 bits per heavy atom. The fourth-order valence-corrected chi connectivity index (χ4v) is 3.20. The minimum atomic E-state index is -1.03. The lowest BCUT2D eigenvalue weighted by Crippen LogP contribution is -2.59. The number of carboxylic acids is 1. The molecule has 1 heterocycles. The molecule has 2 fully saturated rings. The van der Waals surface area contributed by atoms with Gasteiger partial charge >= 0.3 is 5.97 Å². The molecule has 1 saturated heterocycles. The van der Waals surface area contributed by atoms with Gasteiger partial charge in [0, 0.05) is 0 Å². The van der Waals surface area contributed by atoms with Crippen molar-refractivity contribution in [2.75, 3.05) is 6.54 Å². The number of hydrogen-bond acceptors (Lipinski definition) is 3. The molecule has 1 unspecified atom stereocenters. The predicted octanol–water partition coefficient (Wildman–Crippen LogP) is 1.28. The van der Waals surface area contributed by atoms with Crippen LogP contribution in [0.15, 0.2) is 0 Å². The second kappa shape index (κ2) is 5.90. The number of nitrogens with one attached hydrogen (secondary N) is 2. The van der Waals surface area contributed by atoms with Gasteiger partial charge in [-0.3, -0.25) is 4.79 Å². The van der Waals surface area contributed by atoms with Crippen molar-refractivity contribution in [3.8, 4) is 0 Å². The van der Waals surface area contributed by atoms with E-state index in [4.69, 9.17) is 0 Å². The maximum Gasteiger partial charge on any atom is 0.329 e. The second-order valence-electron chi connectivity index (χ2n) is 5.88. The van der Waals surface area contributed by atoms with Crippen LogP contribution in [0.1, 0.15) is 51.9 Å². The molecule has 2 aliphatic rings. The first-order valence-corrected chi connectivity index (χ1v) is 7.36. The van der Waals surface area contributed by atoms with Crippen molar-refractivity contribution in [1.82, 2.24) is 10.6 Å². The van der Waals surface area contributed by atoms with Gasteiger partial charge < -0.3 is 15.7 Å². The van der Waals surface area contributed by atoms with Gasteiger partial charge in [-0.1, -0.05) is 13.3 Å². The van der Waals surface area contributed by atoms with E-state index < -0.39 is 11.5 Å². The average molecular weight is 268 g/mol. The van der Waals surface area contributed by atoms with Crippen LogP contribution in [0.25, 0.3) is 0 Å². The van der Waals surface area contributed by atoms with Crippen LogP contribution in [0.3, 0.4) is 0 Å². The number of carboxylic acid groups (broad SMARTS) is 1. The van der Waals surface area contributed by atoms with Crippen LogP contribution < -0.4 is 10.6 Å². The lowest BCUT2D eigenvalue weighted by molar-refractivity contribution is -0.150. The van der Waals surface area contributed by atoms with E-state index in [1.807, 2.05) is 0 Å². The molecule has 0 spiro atoms. The monoisotopic (exact) mass is 268 g/mol. The van der Waals surface area contributed by atoms with E-state index in [1.54, 1.807) is 0 Å². The molecule has 19 heavy (non-hydrogen) atoms. The fraction of sp³-hybridized carbons (Fsp3) is 0.857. The zero-order valence-electron chi connectivity index (χ0n) is 11.6. The summed E-state index contributed by atoms with van der Waals surface area (Å²) < 4.78 is 0. The van der Waals surface area contributed by atoms with Crippen LogP contribution in [0, 0.1) is 5.92 Å². The number of carbonyl (C=O) groups is 2. The topological polar surface area (TPSA) is 78.4 Å². The lowest BCUT2D eigenvalue weighted by atomic mass is 9.75. The summed E-state index contributed by atoms with van der Waals surface area (Å²) in [5.41, 5.74) is -1.03. The first kappa shape index (κ1) is 14.3.